The van der Waals surface area contributed by atoms with Gasteiger partial charge in [-0.3, -0.25) is 0 Å². The lowest BCUT2D eigenvalue weighted by atomic mass is 9.80. The molecule has 0 aliphatic heterocycles. The van der Waals surface area contributed by atoms with Gasteiger partial charge in [-0.2, -0.15) is 8.78 Å². The molecule has 0 radical (unpaired) electrons. The third-order valence-electron chi connectivity index (χ3n) is 8.74. The summed E-state index contributed by atoms with van der Waals surface area (Å²) in [6, 6.07) is 10.1. The molecule has 0 atom stereocenters. The highest BCUT2D eigenvalue weighted by Gasteiger charge is 2.37. The zero-order valence-corrected chi connectivity index (χ0v) is 24.4. The first-order valence-electron chi connectivity index (χ1n) is 15.7. The topological polar surface area (TPSA) is 27.7 Å². The van der Waals surface area contributed by atoms with Crippen LogP contribution < -0.4 is 4.74 Å². The van der Waals surface area contributed by atoms with E-state index in [1.54, 1.807) is 18.2 Å². The summed E-state index contributed by atoms with van der Waals surface area (Å²) >= 11 is 0. The molecule has 2 aromatic rings. The van der Waals surface area contributed by atoms with Crippen molar-refractivity contribution in [2.24, 2.45) is 11.8 Å². The van der Waals surface area contributed by atoms with Gasteiger partial charge < -0.3 is 14.2 Å². The van der Waals surface area contributed by atoms with Gasteiger partial charge in [0.05, 0.1) is 24.4 Å². The van der Waals surface area contributed by atoms with Gasteiger partial charge in [0.25, 0.3) is 0 Å². The Morgan fingerprint density at radius 2 is 1.44 bits per heavy atom. The fourth-order valence-corrected chi connectivity index (χ4v) is 6.09. The highest BCUT2D eigenvalue weighted by Crippen LogP contribution is 2.37. The van der Waals surface area contributed by atoms with E-state index >= 15 is 0 Å². The van der Waals surface area contributed by atoms with Crippen LogP contribution in [0.1, 0.15) is 102 Å². The zero-order chi connectivity index (χ0) is 29.1. The van der Waals surface area contributed by atoms with Crippen LogP contribution in [0, 0.1) is 23.5 Å². The Morgan fingerprint density at radius 3 is 2.12 bits per heavy atom. The summed E-state index contributed by atoms with van der Waals surface area (Å²) in [5.74, 6) is 0.344. The number of alkyl halides is 2. The predicted octanol–water partition coefficient (Wildman–Crippen LogP) is 9.76. The Hall–Kier alpha value is -2.12. The van der Waals surface area contributed by atoms with Crippen LogP contribution in [0.15, 0.2) is 42.5 Å². The first-order valence-corrected chi connectivity index (χ1v) is 15.7. The minimum absolute atomic E-state index is 0.122. The molecule has 0 N–H and O–H groups in total. The van der Waals surface area contributed by atoms with Gasteiger partial charge in [-0.15, -0.1) is 0 Å². The molecular formula is C34H46F4O3. The number of unbranched alkanes of at least 4 members (excludes halogenated alkanes) is 2. The van der Waals surface area contributed by atoms with Gasteiger partial charge in [0.1, 0.15) is 5.75 Å². The van der Waals surface area contributed by atoms with Crippen LogP contribution in [0.25, 0.3) is 0 Å². The van der Waals surface area contributed by atoms with Gasteiger partial charge >= 0.3 is 6.11 Å². The molecule has 0 saturated heterocycles. The van der Waals surface area contributed by atoms with E-state index in [0.717, 1.165) is 63.0 Å². The average Bonchev–Trinajstić information content (AvgIpc) is 2.98. The third-order valence-corrected chi connectivity index (χ3v) is 8.74. The lowest BCUT2D eigenvalue weighted by Gasteiger charge is -2.33. The third kappa shape index (κ3) is 10.3. The van der Waals surface area contributed by atoms with Crippen molar-refractivity contribution in [2.45, 2.75) is 115 Å². The van der Waals surface area contributed by atoms with Gasteiger partial charge in [-0.1, -0.05) is 45.1 Å². The molecule has 0 spiro atoms. The van der Waals surface area contributed by atoms with Gasteiger partial charge in [-0.05, 0) is 112 Å². The van der Waals surface area contributed by atoms with Gasteiger partial charge in [0.2, 0.25) is 0 Å². The predicted molar refractivity (Wildman–Crippen MR) is 153 cm³/mol. The van der Waals surface area contributed by atoms with Crippen molar-refractivity contribution < 1.29 is 31.8 Å². The molecule has 0 amide bonds. The van der Waals surface area contributed by atoms with Crippen LogP contribution in [-0.4, -0.2) is 25.4 Å². The summed E-state index contributed by atoms with van der Waals surface area (Å²) in [4.78, 5) is 0. The quantitative estimate of drug-likeness (QED) is 0.156. The number of halogens is 4. The summed E-state index contributed by atoms with van der Waals surface area (Å²) in [5, 5.41) is 0. The van der Waals surface area contributed by atoms with E-state index in [-0.39, 0.29) is 11.7 Å². The maximum atomic E-state index is 14.8. The Kier molecular flexibility index (Phi) is 12.4. The molecule has 228 valence electrons. The largest absolute Gasteiger partial charge is 0.494 e. The minimum Gasteiger partial charge on any atom is -0.494 e. The average molecular weight is 579 g/mol. The van der Waals surface area contributed by atoms with Crippen molar-refractivity contribution in [2.75, 3.05) is 13.2 Å². The summed E-state index contributed by atoms with van der Waals surface area (Å²) < 4.78 is 73.1. The van der Waals surface area contributed by atoms with Gasteiger partial charge in [0.15, 0.2) is 11.6 Å². The van der Waals surface area contributed by atoms with Crippen LogP contribution in [0.4, 0.5) is 17.6 Å². The molecule has 3 nitrogen and oxygen atoms in total. The van der Waals surface area contributed by atoms with E-state index in [1.165, 1.54) is 56.4 Å². The van der Waals surface area contributed by atoms with E-state index < -0.39 is 23.8 Å². The lowest BCUT2D eigenvalue weighted by Crippen LogP contribution is -2.32. The van der Waals surface area contributed by atoms with Crippen LogP contribution in [0.2, 0.25) is 0 Å². The SMILES string of the molecule is CCCCOc1ccc(C(F)(F)OC2CCC(OCC3CCC(CCCCc4ccc(F)c(F)c4)CC3)CC2)cc1. The Labute approximate surface area is 243 Å². The molecule has 0 bridgehead atoms. The molecular weight excluding hydrogens is 532 g/mol. The number of aryl methyl sites for hydroxylation is 1. The molecule has 4 rings (SSSR count). The standard InChI is InChI=1S/C34H46F4O3/c1-2-3-22-39-29-15-13-28(14-16-29)34(37,38)41-31-19-17-30(18-20-31)40-24-27-10-8-25(9-11-27)6-4-5-7-26-12-21-32(35)33(36)23-26/h12-16,21,23,25,27,30-31H,2-11,17-20,22,24H2,1H3. The molecule has 0 unspecified atom stereocenters. The molecule has 2 aliphatic rings. The Balaban J connectivity index is 1.06. The van der Waals surface area contributed by atoms with Gasteiger partial charge in [0, 0.05) is 6.61 Å². The number of hydrogen-bond donors (Lipinski definition) is 0. The smallest absolute Gasteiger partial charge is 0.383 e. The molecule has 0 aromatic heterocycles. The van der Waals surface area contributed by atoms with Crippen molar-refractivity contribution in [1.82, 2.24) is 0 Å². The van der Waals surface area contributed by atoms with Crippen molar-refractivity contribution in [3.8, 4) is 5.75 Å². The number of rotatable bonds is 15. The van der Waals surface area contributed by atoms with E-state index in [0.29, 0.717) is 31.1 Å². The number of benzene rings is 2. The van der Waals surface area contributed by atoms with E-state index in [9.17, 15) is 17.6 Å². The molecule has 2 aliphatic carbocycles. The monoisotopic (exact) mass is 578 g/mol. The molecule has 0 heterocycles. The molecule has 2 saturated carbocycles. The second-order valence-corrected chi connectivity index (χ2v) is 12.0. The summed E-state index contributed by atoms with van der Waals surface area (Å²) in [6.45, 7) is 3.41. The summed E-state index contributed by atoms with van der Waals surface area (Å²) in [6.07, 6.45) is 9.76. The van der Waals surface area contributed by atoms with E-state index in [2.05, 4.69) is 6.92 Å². The highest BCUT2D eigenvalue weighted by molar-refractivity contribution is 5.29. The van der Waals surface area contributed by atoms with Crippen molar-refractivity contribution in [3.63, 3.8) is 0 Å². The van der Waals surface area contributed by atoms with E-state index in [4.69, 9.17) is 14.2 Å². The molecule has 41 heavy (non-hydrogen) atoms. The molecule has 7 heteroatoms. The fraction of sp³-hybridized carbons (Fsp3) is 0.647. The van der Waals surface area contributed by atoms with Crippen molar-refractivity contribution in [3.05, 3.63) is 65.2 Å². The minimum atomic E-state index is -3.32. The second-order valence-electron chi connectivity index (χ2n) is 12.0. The maximum Gasteiger partial charge on any atom is 0.383 e. The molecule has 2 aromatic carbocycles. The Bertz CT molecular complexity index is 1030. The first-order chi connectivity index (χ1) is 19.8. The second kappa shape index (κ2) is 15.9. The van der Waals surface area contributed by atoms with Gasteiger partial charge in [-0.25, -0.2) is 8.78 Å². The lowest BCUT2D eigenvalue weighted by molar-refractivity contribution is -0.279. The summed E-state index contributed by atoms with van der Waals surface area (Å²) in [7, 11) is 0. The zero-order valence-electron chi connectivity index (χ0n) is 24.4. The fourth-order valence-electron chi connectivity index (χ4n) is 6.09. The van der Waals surface area contributed by atoms with Crippen LogP contribution in [0.5, 0.6) is 5.75 Å². The van der Waals surface area contributed by atoms with Crippen molar-refractivity contribution >= 4 is 0 Å². The molecule has 2 fully saturated rings. The normalized spacial score (nSPS) is 23.4. The van der Waals surface area contributed by atoms with Crippen LogP contribution in [0.3, 0.4) is 0 Å². The van der Waals surface area contributed by atoms with Crippen molar-refractivity contribution in [1.29, 1.82) is 0 Å². The van der Waals surface area contributed by atoms with E-state index in [1.807, 2.05) is 0 Å². The Morgan fingerprint density at radius 1 is 0.756 bits per heavy atom. The number of ether oxygens (including phenoxy) is 3. The maximum absolute atomic E-state index is 14.8. The van der Waals surface area contributed by atoms with Crippen LogP contribution >= 0.6 is 0 Å². The summed E-state index contributed by atoms with van der Waals surface area (Å²) in [5.41, 5.74) is 0.718. The highest BCUT2D eigenvalue weighted by atomic mass is 19.3. The number of hydrogen-bond acceptors (Lipinski definition) is 3. The van der Waals surface area contributed by atoms with Crippen LogP contribution in [-0.2, 0) is 22.0 Å². The first kappa shape index (κ1) is 31.8.